The molecule has 116 valence electrons. The quantitative estimate of drug-likeness (QED) is 0.846. The first-order chi connectivity index (χ1) is 9.97. The molecule has 2 aromatic rings. The van der Waals surface area contributed by atoms with Crippen molar-refractivity contribution in [2.45, 2.75) is 19.5 Å². The molecule has 0 fully saturated rings. The first kappa shape index (κ1) is 16.5. The Bertz CT molecular complexity index is 610. The summed E-state index contributed by atoms with van der Waals surface area (Å²) in [7, 11) is 5.64. The Morgan fingerprint density at radius 3 is 2.81 bits per heavy atom. The number of rotatable bonds is 6. The van der Waals surface area contributed by atoms with Gasteiger partial charge in [0.1, 0.15) is 0 Å². The summed E-state index contributed by atoms with van der Waals surface area (Å²) in [6.45, 7) is 3.35. The maximum Gasteiger partial charge on any atom is 0.216 e. The molecule has 0 radical (unpaired) electrons. The summed E-state index contributed by atoms with van der Waals surface area (Å²) in [4.78, 5) is 2.24. The first-order valence-corrected chi connectivity index (χ1v) is 8.35. The fourth-order valence-electron chi connectivity index (χ4n) is 2.62. The van der Waals surface area contributed by atoms with E-state index in [9.17, 15) is 0 Å². The summed E-state index contributed by atoms with van der Waals surface area (Å²) in [5.41, 5.74) is 9.33. The van der Waals surface area contributed by atoms with Crippen LogP contribution in [0.25, 0.3) is 0 Å². The lowest BCUT2D eigenvalue weighted by Crippen LogP contribution is -2.30. The van der Waals surface area contributed by atoms with Crippen LogP contribution in [0, 0.1) is 6.92 Å². The average Bonchev–Trinajstić information content (AvgIpc) is 2.95. The second-order valence-corrected chi connectivity index (χ2v) is 7.35. The fourth-order valence-corrected chi connectivity index (χ4v) is 3.82. The van der Waals surface area contributed by atoms with Crippen LogP contribution in [0.15, 0.2) is 15.2 Å². The van der Waals surface area contributed by atoms with Gasteiger partial charge in [0.05, 0.1) is 28.2 Å². The topological polar surface area (TPSA) is 56.3 Å². The minimum atomic E-state index is 0.0762. The number of hydrogen-bond acceptors (Lipinski definition) is 5. The van der Waals surface area contributed by atoms with Crippen molar-refractivity contribution in [1.82, 2.24) is 14.7 Å². The van der Waals surface area contributed by atoms with E-state index in [1.165, 1.54) is 5.56 Å². The molecular formula is C14H21BrN4OS. The zero-order valence-corrected chi connectivity index (χ0v) is 15.2. The summed E-state index contributed by atoms with van der Waals surface area (Å²) in [6, 6.07) is 2.22. The molecule has 0 saturated heterocycles. The zero-order valence-electron chi connectivity index (χ0n) is 12.8. The van der Waals surface area contributed by atoms with Gasteiger partial charge < -0.3 is 10.5 Å². The lowest BCUT2D eigenvalue weighted by Gasteiger charge is -2.27. The van der Waals surface area contributed by atoms with Crippen molar-refractivity contribution < 1.29 is 4.74 Å². The highest BCUT2D eigenvalue weighted by Gasteiger charge is 2.25. The molecule has 0 bridgehead atoms. The number of methoxy groups -OCH3 is 1. The van der Waals surface area contributed by atoms with Crippen molar-refractivity contribution in [3.05, 3.63) is 32.1 Å². The molecular weight excluding hydrogens is 352 g/mol. The molecule has 5 nitrogen and oxygen atoms in total. The van der Waals surface area contributed by atoms with Crippen molar-refractivity contribution in [2.24, 2.45) is 12.8 Å². The molecule has 2 heterocycles. The van der Waals surface area contributed by atoms with Crippen molar-refractivity contribution in [3.63, 3.8) is 0 Å². The second-order valence-electron chi connectivity index (χ2n) is 5.06. The second kappa shape index (κ2) is 6.91. The molecule has 1 unspecified atom stereocenters. The van der Waals surface area contributed by atoms with Gasteiger partial charge >= 0.3 is 0 Å². The van der Waals surface area contributed by atoms with Crippen LogP contribution in [-0.4, -0.2) is 35.4 Å². The molecule has 2 aromatic heterocycles. The van der Waals surface area contributed by atoms with Crippen LogP contribution in [0.1, 0.15) is 22.9 Å². The van der Waals surface area contributed by atoms with Gasteiger partial charge in [0, 0.05) is 20.1 Å². The standard InChI is InChI=1S/C14H21BrN4OS/c1-9-13(14(20-4)19(3)17-9)11(6-16)18(2)7-10-5-12(15)21-8-10/h5,8,11H,6-7,16H2,1-4H3. The number of hydrogen-bond donors (Lipinski definition) is 1. The summed E-state index contributed by atoms with van der Waals surface area (Å²) in [5.74, 6) is 0.779. The van der Waals surface area contributed by atoms with E-state index in [4.69, 9.17) is 10.5 Å². The fraction of sp³-hybridized carbons (Fsp3) is 0.500. The van der Waals surface area contributed by atoms with Crippen LogP contribution >= 0.6 is 27.3 Å². The summed E-state index contributed by atoms with van der Waals surface area (Å²) in [5, 5.41) is 6.60. The Morgan fingerprint density at radius 2 is 2.29 bits per heavy atom. The van der Waals surface area contributed by atoms with E-state index < -0.39 is 0 Å². The molecule has 0 aromatic carbocycles. The summed E-state index contributed by atoms with van der Waals surface area (Å²) in [6.07, 6.45) is 0. The first-order valence-electron chi connectivity index (χ1n) is 6.68. The van der Waals surface area contributed by atoms with Crippen LogP contribution in [0.2, 0.25) is 0 Å². The molecule has 0 saturated carbocycles. The van der Waals surface area contributed by atoms with Gasteiger partial charge in [-0.1, -0.05) is 0 Å². The van der Waals surface area contributed by atoms with Gasteiger partial charge in [-0.15, -0.1) is 11.3 Å². The van der Waals surface area contributed by atoms with Crippen LogP contribution < -0.4 is 10.5 Å². The number of ether oxygens (including phenoxy) is 1. The highest BCUT2D eigenvalue weighted by atomic mass is 79.9. The molecule has 0 aliphatic heterocycles. The number of aryl methyl sites for hydroxylation is 2. The van der Waals surface area contributed by atoms with E-state index in [-0.39, 0.29) is 6.04 Å². The van der Waals surface area contributed by atoms with Crippen molar-refractivity contribution >= 4 is 27.3 Å². The summed E-state index contributed by atoms with van der Waals surface area (Å²) >= 11 is 5.19. The van der Waals surface area contributed by atoms with Crippen LogP contribution in [0.5, 0.6) is 5.88 Å². The maximum absolute atomic E-state index is 6.03. The normalized spacial score (nSPS) is 12.9. The number of nitrogens with zero attached hydrogens (tertiary/aromatic N) is 3. The lowest BCUT2D eigenvalue weighted by molar-refractivity contribution is 0.234. The Hall–Kier alpha value is -0.890. The van der Waals surface area contributed by atoms with Crippen LogP contribution in [0.4, 0.5) is 0 Å². The van der Waals surface area contributed by atoms with E-state index in [1.54, 1.807) is 23.1 Å². The molecule has 0 aliphatic rings. The minimum Gasteiger partial charge on any atom is -0.481 e. The Balaban J connectivity index is 2.26. The zero-order chi connectivity index (χ0) is 15.6. The predicted octanol–water partition coefficient (Wildman–Crippen LogP) is 2.69. The molecule has 2 rings (SSSR count). The SMILES string of the molecule is COc1c(C(CN)N(C)Cc2csc(Br)c2)c(C)nn1C. The predicted molar refractivity (Wildman–Crippen MR) is 89.8 cm³/mol. The monoisotopic (exact) mass is 372 g/mol. The molecule has 1 atom stereocenters. The largest absolute Gasteiger partial charge is 0.481 e. The molecule has 7 heteroatoms. The number of likely N-dealkylation sites (N-methyl/N-ethyl adjacent to an activating group) is 1. The van der Waals surface area contributed by atoms with E-state index in [1.807, 2.05) is 14.0 Å². The van der Waals surface area contributed by atoms with Gasteiger partial charge in [-0.25, -0.2) is 4.68 Å². The molecule has 0 aliphatic carbocycles. The Labute approximate surface area is 137 Å². The van der Waals surface area contributed by atoms with Crippen LogP contribution in [-0.2, 0) is 13.6 Å². The van der Waals surface area contributed by atoms with Gasteiger partial charge in [0.25, 0.3) is 0 Å². The number of nitrogens with two attached hydrogens (primary N) is 1. The lowest BCUT2D eigenvalue weighted by atomic mass is 10.1. The van der Waals surface area contributed by atoms with Gasteiger partial charge in [-0.2, -0.15) is 5.10 Å². The Kier molecular flexibility index (Phi) is 5.43. The summed E-state index contributed by atoms with van der Waals surface area (Å²) < 4.78 is 8.41. The van der Waals surface area contributed by atoms with E-state index in [0.29, 0.717) is 6.54 Å². The third-order valence-corrected chi connectivity index (χ3v) is 5.10. The number of aromatic nitrogens is 2. The molecule has 0 spiro atoms. The minimum absolute atomic E-state index is 0.0762. The van der Waals surface area contributed by atoms with Crippen molar-refractivity contribution in [2.75, 3.05) is 20.7 Å². The smallest absolute Gasteiger partial charge is 0.216 e. The van der Waals surface area contributed by atoms with Gasteiger partial charge in [-0.05, 0) is 46.9 Å². The van der Waals surface area contributed by atoms with Gasteiger partial charge in [-0.3, -0.25) is 4.90 Å². The molecule has 21 heavy (non-hydrogen) atoms. The van der Waals surface area contributed by atoms with E-state index >= 15 is 0 Å². The van der Waals surface area contributed by atoms with Crippen molar-refractivity contribution in [3.8, 4) is 5.88 Å². The van der Waals surface area contributed by atoms with Gasteiger partial charge in [0.15, 0.2) is 0 Å². The third kappa shape index (κ3) is 3.48. The third-order valence-electron chi connectivity index (χ3n) is 3.55. The van der Waals surface area contributed by atoms with E-state index in [2.05, 4.69) is 44.4 Å². The molecule has 2 N–H and O–H groups in total. The van der Waals surface area contributed by atoms with E-state index in [0.717, 1.165) is 27.5 Å². The highest BCUT2D eigenvalue weighted by Crippen LogP contribution is 2.32. The van der Waals surface area contributed by atoms with Crippen molar-refractivity contribution in [1.29, 1.82) is 0 Å². The average molecular weight is 373 g/mol. The molecule has 0 amide bonds. The number of halogens is 1. The number of thiophene rings is 1. The Morgan fingerprint density at radius 1 is 1.57 bits per heavy atom. The van der Waals surface area contributed by atoms with Gasteiger partial charge in [0.2, 0.25) is 5.88 Å². The highest BCUT2D eigenvalue weighted by molar-refractivity contribution is 9.11. The maximum atomic E-state index is 6.03. The van der Waals surface area contributed by atoms with Crippen LogP contribution in [0.3, 0.4) is 0 Å².